The summed E-state index contributed by atoms with van der Waals surface area (Å²) in [7, 11) is 0. The number of hydrogen-bond acceptors (Lipinski definition) is 2. The zero-order valence-electron chi connectivity index (χ0n) is 17.9. The lowest BCUT2D eigenvalue weighted by Gasteiger charge is -2.04. The third kappa shape index (κ3) is 18.6. The fourth-order valence-electron chi connectivity index (χ4n) is 3.04. The molecule has 0 aliphatic heterocycles. The summed E-state index contributed by atoms with van der Waals surface area (Å²) in [6, 6.07) is 6.93. The van der Waals surface area contributed by atoms with E-state index in [2.05, 4.69) is 0 Å². The molecule has 158 valence electrons. The zero-order chi connectivity index (χ0) is 20.0. The topological polar surface area (TPSA) is 20.2 Å². The molecule has 0 aliphatic carbocycles. The number of thioether (sulfide) groups is 1. The summed E-state index contributed by atoms with van der Waals surface area (Å²) in [5.41, 5.74) is 1.26. The van der Waals surface area contributed by atoms with Crippen molar-refractivity contribution in [2.45, 2.75) is 97.3 Å². The van der Waals surface area contributed by atoms with Crippen molar-refractivity contribution in [1.82, 2.24) is 0 Å². The lowest BCUT2D eigenvalue weighted by Crippen LogP contribution is -1.88. The predicted molar refractivity (Wildman–Crippen MR) is 121 cm³/mol. The molecule has 1 aromatic rings. The molecule has 1 rings (SSSR count). The Kier molecular flexibility index (Phi) is 21.3. The highest BCUT2D eigenvalue weighted by molar-refractivity contribution is 7.99. The summed E-state index contributed by atoms with van der Waals surface area (Å²) in [5, 5.41) is 8.70. The van der Waals surface area contributed by atoms with Gasteiger partial charge in [0.05, 0.1) is 0 Å². The molecular formula is C24H43FOS. The van der Waals surface area contributed by atoms with Crippen molar-refractivity contribution in [2.75, 3.05) is 18.1 Å². The fraction of sp³-hybridized carbons (Fsp3) is 0.750. The minimum atomic E-state index is -0.138. The second-order valence-electron chi connectivity index (χ2n) is 6.96. The maximum atomic E-state index is 12.8. The van der Waals surface area contributed by atoms with Crippen LogP contribution in [0.5, 0.6) is 0 Å². The van der Waals surface area contributed by atoms with Gasteiger partial charge in [0, 0.05) is 6.61 Å². The van der Waals surface area contributed by atoms with Gasteiger partial charge in [0.1, 0.15) is 5.82 Å². The second kappa shape index (κ2) is 21.8. The first-order chi connectivity index (χ1) is 13.3. The van der Waals surface area contributed by atoms with Crippen LogP contribution in [0, 0.1) is 5.82 Å². The summed E-state index contributed by atoms with van der Waals surface area (Å²) >= 11 is 1.98. The molecule has 0 saturated carbocycles. The molecular weight excluding hydrogens is 355 g/mol. The number of aliphatic hydroxyl groups is 1. The molecule has 0 radical (unpaired) electrons. The molecule has 1 nitrogen and oxygen atoms in total. The molecule has 3 heteroatoms. The van der Waals surface area contributed by atoms with E-state index >= 15 is 0 Å². The summed E-state index contributed by atoms with van der Waals surface area (Å²) in [6.45, 7) is 4.33. The lowest BCUT2D eigenvalue weighted by molar-refractivity contribution is 0.296. The summed E-state index contributed by atoms with van der Waals surface area (Å²) in [6.07, 6.45) is 16.9. The number of rotatable bonds is 17. The Balaban J connectivity index is 0.00000326. The van der Waals surface area contributed by atoms with E-state index in [-0.39, 0.29) is 5.82 Å². The lowest BCUT2D eigenvalue weighted by atomic mass is 10.0. The molecule has 0 aliphatic rings. The van der Waals surface area contributed by atoms with Gasteiger partial charge >= 0.3 is 0 Å². The van der Waals surface area contributed by atoms with Gasteiger partial charge in [0.2, 0.25) is 0 Å². The third-order valence-corrected chi connectivity index (χ3v) is 5.77. The minimum Gasteiger partial charge on any atom is -0.396 e. The van der Waals surface area contributed by atoms with Crippen LogP contribution < -0.4 is 0 Å². The Morgan fingerprint density at radius 2 is 1.11 bits per heavy atom. The Hall–Kier alpha value is -0.540. The normalized spacial score (nSPS) is 10.5. The molecule has 0 saturated heterocycles. The second-order valence-corrected chi connectivity index (χ2v) is 8.18. The third-order valence-electron chi connectivity index (χ3n) is 4.61. The van der Waals surface area contributed by atoms with E-state index in [0.717, 1.165) is 18.6 Å². The SMILES string of the molecule is CC.OCCCSCCCCCCCCCCCCCc1ccc(F)cc1. The quantitative estimate of drug-likeness (QED) is 0.270. The minimum absolute atomic E-state index is 0.138. The number of aliphatic hydroxyl groups excluding tert-OH is 1. The van der Waals surface area contributed by atoms with Crippen molar-refractivity contribution in [3.63, 3.8) is 0 Å². The molecule has 0 bridgehead atoms. The number of aryl methyl sites for hydroxylation is 1. The predicted octanol–water partition coefficient (Wildman–Crippen LogP) is 7.80. The van der Waals surface area contributed by atoms with Crippen molar-refractivity contribution in [2.24, 2.45) is 0 Å². The van der Waals surface area contributed by atoms with Crippen LogP contribution in [-0.4, -0.2) is 23.2 Å². The molecule has 1 N–H and O–H groups in total. The van der Waals surface area contributed by atoms with E-state index in [1.165, 1.54) is 81.9 Å². The first kappa shape index (κ1) is 26.5. The smallest absolute Gasteiger partial charge is 0.123 e. The Morgan fingerprint density at radius 1 is 0.667 bits per heavy atom. The van der Waals surface area contributed by atoms with Gasteiger partial charge in [-0.2, -0.15) is 11.8 Å². The van der Waals surface area contributed by atoms with Crippen LogP contribution in [0.15, 0.2) is 24.3 Å². The monoisotopic (exact) mass is 398 g/mol. The van der Waals surface area contributed by atoms with Gasteiger partial charge in [0.25, 0.3) is 0 Å². The van der Waals surface area contributed by atoms with Gasteiger partial charge in [-0.15, -0.1) is 0 Å². The number of unbranched alkanes of at least 4 members (excludes halogenated alkanes) is 10. The standard InChI is InChI=1S/C22H37FOS.C2H6/c23-22-16-14-21(15-17-22)13-10-8-6-4-2-1-3-5-7-9-11-19-25-20-12-18-24;1-2/h14-17,24H,1-13,18-20H2;1-2H3. The maximum Gasteiger partial charge on any atom is 0.123 e. The van der Waals surface area contributed by atoms with E-state index in [1.807, 2.05) is 37.7 Å². The first-order valence-corrected chi connectivity index (χ1v) is 12.4. The molecule has 0 heterocycles. The largest absolute Gasteiger partial charge is 0.396 e. The van der Waals surface area contributed by atoms with E-state index in [4.69, 9.17) is 5.11 Å². The van der Waals surface area contributed by atoms with Gasteiger partial charge in [-0.05, 0) is 54.9 Å². The zero-order valence-corrected chi connectivity index (χ0v) is 18.7. The Morgan fingerprint density at radius 3 is 1.63 bits per heavy atom. The molecule has 0 unspecified atom stereocenters. The van der Waals surface area contributed by atoms with Crippen molar-refractivity contribution in [1.29, 1.82) is 0 Å². The highest BCUT2D eigenvalue weighted by atomic mass is 32.2. The molecule has 0 spiro atoms. The highest BCUT2D eigenvalue weighted by Gasteiger charge is 1.96. The van der Waals surface area contributed by atoms with Crippen LogP contribution in [0.2, 0.25) is 0 Å². The van der Waals surface area contributed by atoms with Gasteiger partial charge in [-0.3, -0.25) is 0 Å². The Labute approximate surface area is 172 Å². The van der Waals surface area contributed by atoms with Crippen molar-refractivity contribution in [3.8, 4) is 0 Å². The van der Waals surface area contributed by atoms with Crippen LogP contribution in [0.4, 0.5) is 4.39 Å². The fourth-order valence-corrected chi connectivity index (χ4v) is 3.99. The molecule has 1 aromatic carbocycles. The Bertz CT molecular complexity index is 394. The number of benzene rings is 1. The molecule has 27 heavy (non-hydrogen) atoms. The summed E-state index contributed by atoms with van der Waals surface area (Å²) in [5.74, 6) is 2.24. The van der Waals surface area contributed by atoms with Crippen LogP contribution in [0.1, 0.15) is 96.5 Å². The van der Waals surface area contributed by atoms with Gasteiger partial charge in [-0.25, -0.2) is 4.39 Å². The molecule has 0 atom stereocenters. The van der Waals surface area contributed by atoms with Gasteiger partial charge in [-0.1, -0.05) is 83.8 Å². The number of hydrogen-bond donors (Lipinski definition) is 1. The molecule has 0 fully saturated rings. The van der Waals surface area contributed by atoms with Gasteiger partial charge in [0.15, 0.2) is 0 Å². The molecule has 0 amide bonds. The van der Waals surface area contributed by atoms with Crippen LogP contribution in [0.3, 0.4) is 0 Å². The van der Waals surface area contributed by atoms with Crippen LogP contribution >= 0.6 is 11.8 Å². The average Bonchev–Trinajstić information content (AvgIpc) is 2.70. The molecule has 0 aromatic heterocycles. The summed E-state index contributed by atoms with van der Waals surface area (Å²) < 4.78 is 12.8. The summed E-state index contributed by atoms with van der Waals surface area (Å²) in [4.78, 5) is 0. The van der Waals surface area contributed by atoms with Crippen LogP contribution in [0.25, 0.3) is 0 Å². The van der Waals surface area contributed by atoms with E-state index in [9.17, 15) is 4.39 Å². The van der Waals surface area contributed by atoms with E-state index in [1.54, 1.807) is 12.1 Å². The van der Waals surface area contributed by atoms with Crippen LogP contribution in [-0.2, 0) is 6.42 Å². The van der Waals surface area contributed by atoms with Crippen molar-refractivity contribution < 1.29 is 9.50 Å². The first-order valence-electron chi connectivity index (χ1n) is 11.3. The van der Waals surface area contributed by atoms with Crippen molar-refractivity contribution in [3.05, 3.63) is 35.6 Å². The highest BCUT2D eigenvalue weighted by Crippen LogP contribution is 2.14. The average molecular weight is 399 g/mol. The van der Waals surface area contributed by atoms with E-state index in [0.29, 0.717) is 6.61 Å². The van der Waals surface area contributed by atoms with Crippen molar-refractivity contribution >= 4 is 11.8 Å². The van der Waals surface area contributed by atoms with Gasteiger partial charge < -0.3 is 5.11 Å². The maximum absolute atomic E-state index is 12.8. The van der Waals surface area contributed by atoms with E-state index < -0.39 is 0 Å². The number of halogens is 1.